The number of ether oxygens (including phenoxy) is 3. The van der Waals surface area contributed by atoms with E-state index in [1.165, 1.54) is 0 Å². The van der Waals surface area contributed by atoms with E-state index in [0.29, 0.717) is 0 Å². The summed E-state index contributed by atoms with van der Waals surface area (Å²) >= 11 is 0. The van der Waals surface area contributed by atoms with E-state index in [0.717, 1.165) is 0 Å². The maximum absolute atomic E-state index is 11.6. The molecule has 1 rings (SSSR count). The minimum atomic E-state index is -1.21. The van der Waals surface area contributed by atoms with Crippen molar-refractivity contribution in [1.29, 1.82) is 0 Å². The molecule has 0 saturated carbocycles. The minimum absolute atomic E-state index is 0.244. The van der Waals surface area contributed by atoms with Crippen molar-refractivity contribution in [2.45, 2.75) is 46.5 Å². The molecule has 0 spiro atoms. The van der Waals surface area contributed by atoms with Gasteiger partial charge < -0.3 is 14.2 Å². The van der Waals surface area contributed by atoms with E-state index in [4.69, 9.17) is 14.2 Å². The van der Waals surface area contributed by atoms with Crippen LogP contribution in [0.15, 0.2) is 0 Å². The van der Waals surface area contributed by atoms with Crippen LogP contribution >= 0.6 is 0 Å². The van der Waals surface area contributed by atoms with E-state index in [1.54, 1.807) is 27.7 Å². The lowest BCUT2D eigenvalue weighted by atomic mass is 10.2. The first-order chi connectivity index (χ1) is 9.70. The number of rotatable bonds is 5. The number of hydrogen-bond acceptors (Lipinski definition) is 7. The number of carbonyl (C=O) groups excluding carboxylic acids is 4. The third-order valence-corrected chi connectivity index (χ3v) is 2.62. The monoisotopic (exact) mass is 301 g/mol. The van der Waals surface area contributed by atoms with Crippen molar-refractivity contribution >= 4 is 23.9 Å². The molecule has 2 unspecified atom stereocenters. The zero-order valence-electron chi connectivity index (χ0n) is 12.4. The summed E-state index contributed by atoms with van der Waals surface area (Å²) in [4.78, 5) is 45.3. The second-order valence-electron chi connectivity index (χ2n) is 5.29. The molecule has 8 nitrogen and oxygen atoms in total. The zero-order chi connectivity index (χ0) is 16.2. The second kappa shape index (κ2) is 7.05. The molecule has 21 heavy (non-hydrogen) atoms. The fraction of sp³-hybridized carbons (Fsp3) is 0.692. The van der Waals surface area contributed by atoms with Gasteiger partial charge in [0.25, 0.3) is 12.2 Å². The average molecular weight is 301 g/mol. The highest BCUT2D eigenvalue weighted by Crippen LogP contribution is 2.14. The molecule has 1 aliphatic rings. The first-order valence-corrected chi connectivity index (χ1v) is 6.62. The van der Waals surface area contributed by atoms with Crippen LogP contribution in [-0.2, 0) is 28.6 Å². The summed E-state index contributed by atoms with van der Waals surface area (Å²) in [7, 11) is 0. The number of amides is 2. The summed E-state index contributed by atoms with van der Waals surface area (Å²) in [6, 6.07) is 0. The van der Waals surface area contributed by atoms with E-state index in [2.05, 4.69) is 0 Å². The van der Waals surface area contributed by atoms with Crippen molar-refractivity contribution in [3.63, 3.8) is 0 Å². The predicted octanol–water partition coefficient (Wildman–Crippen LogP) is 0.736. The van der Waals surface area contributed by atoms with Crippen LogP contribution in [0.3, 0.4) is 0 Å². The Hall–Kier alpha value is -2.12. The first kappa shape index (κ1) is 16.9. The lowest BCUT2D eigenvalue weighted by Crippen LogP contribution is -2.34. The van der Waals surface area contributed by atoms with Crippen LogP contribution in [0.4, 0.5) is 4.79 Å². The van der Waals surface area contributed by atoms with Gasteiger partial charge >= 0.3 is 12.1 Å². The number of carbonyl (C=O) groups is 4. The van der Waals surface area contributed by atoms with Crippen LogP contribution in [0.2, 0.25) is 0 Å². The molecule has 1 fully saturated rings. The van der Waals surface area contributed by atoms with Crippen LogP contribution < -0.4 is 5.32 Å². The van der Waals surface area contributed by atoms with Crippen LogP contribution in [0, 0.1) is 11.8 Å². The largest absolute Gasteiger partial charge is 0.512 e. The van der Waals surface area contributed by atoms with Crippen molar-refractivity contribution in [1.82, 2.24) is 5.32 Å². The summed E-state index contributed by atoms with van der Waals surface area (Å²) in [6.07, 6.45) is -3.74. The highest BCUT2D eigenvalue weighted by atomic mass is 16.8. The molecular weight excluding hydrogens is 282 g/mol. The third-order valence-electron chi connectivity index (χ3n) is 2.62. The molecule has 0 aromatic carbocycles. The van der Waals surface area contributed by atoms with Gasteiger partial charge in [0, 0.05) is 5.92 Å². The first-order valence-electron chi connectivity index (χ1n) is 6.62. The highest BCUT2D eigenvalue weighted by molar-refractivity contribution is 6.05. The molecule has 0 bridgehead atoms. The van der Waals surface area contributed by atoms with Crippen molar-refractivity contribution in [3.05, 3.63) is 0 Å². The molecule has 8 heteroatoms. The Kier molecular flexibility index (Phi) is 5.69. The molecular formula is C13H19NO7. The molecule has 2 amide bonds. The van der Waals surface area contributed by atoms with Crippen LogP contribution in [0.25, 0.3) is 0 Å². The summed E-state index contributed by atoms with van der Waals surface area (Å²) in [6.45, 7) is 6.67. The van der Waals surface area contributed by atoms with E-state index >= 15 is 0 Å². The molecule has 1 N–H and O–H groups in total. The molecule has 1 saturated heterocycles. The Bertz CT molecular complexity index is 444. The molecule has 2 atom stereocenters. The Morgan fingerprint density at radius 3 is 2.19 bits per heavy atom. The van der Waals surface area contributed by atoms with Crippen molar-refractivity contribution in [2.24, 2.45) is 11.8 Å². The lowest BCUT2D eigenvalue weighted by molar-refractivity contribution is -0.184. The minimum Gasteiger partial charge on any atom is -0.425 e. The molecule has 1 heterocycles. The summed E-state index contributed by atoms with van der Waals surface area (Å²) in [5.74, 6) is -2.40. The second-order valence-corrected chi connectivity index (χ2v) is 5.29. The summed E-state index contributed by atoms with van der Waals surface area (Å²) < 4.78 is 14.6. The fourth-order valence-electron chi connectivity index (χ4n) is 1.41. The lowest BCUT2D eigenvalue weighted by Gasteiger charge is -2.22. The van der Waals surface area contributed by atoms with Crippen molar-refractivity contribution < 1.29 is 33.4 Å². The van der Waals surface area contributed by atoms with E-state index < -0.39 is 36.3 Å². The number of imide groups is 1. The number of esters is 1. The number of nitrogens with one attached hydrogen (secondary N) is 1. The SMILES string of the molecule is CC(C)C(=O)OC(OC(=O)OC1CC(=O)NC1=O)C(C)C. The Morgan fingerprint density at radius 1 is 1.14 bits per heavy atom. The van der Waals surface area contributed by atoms with E-state index in [1.807, 2.05) is 5.32 Å². The van der Waals surface area contributed by atoms with Gasteiger partial charge in [-0.3, -0.25) is 19.7 Å². The van der Waals surface area contributed by atoms with Gasteiger partial charge in [-0.1, -0.05) is 27.7 Å². The van der Waals surface area contributed by atoms with Crippen LogP contribution in [0.1, 0.15) is 34.1 Å². The van der Waals surface area contributed by atoms with Gasteiger partial charge in [-0.25, -0.2) is 4.79 Å². The normalized spacial score (nSPS) is 19.4. The van der Waals surface area contributed by atoms with Gasteiger partial charge in [-0.2, -0.15) is 0 Å². The third kappa shape index (κ3) is 5.05. The smallest absolute Gasteiger partial charge is 0.425 e. The molecule has 1 aliphatic heterocycles. The van der Waals surface area contributed by atoms with E-state index in [-0.39, 0.29) is 18.3 Å². The van der Waals surface area contributed by atoms with Gasteiger partial charge in [0.1, 0.15) is 0 Å². The maximum atomic E-state index is 11.6. The van der Waals surface area contributed by atoms with Gasteiger partial charge in [-0.15, -0.1) is 0 Å². The molecule has 0 radical (unpaired) electrons. The van der Waals surface area contributed by atoms with Gasteiger partial charge in [0.15, 0.2) is 6.10 Å². The summed E-state index contributed by atoms with van der Waals surface area (Å²) in [5.41, 5.74) is 0. The molecule has 0 aliphatic carbocycles. The van der Waals surface area contributed by atoms with Gasteiger partial charge in [0.2, 0.25) is 5.91 Å². The Balaban J connectivity index is 2.55. The molecule has 118 valence electrons. The quantitative estimate of drug-likeness (QED) is 0.453. The predicted molar refractivity (Wildman–Crippen MR) is 68.7 cm³/mol. The van der Waals surface area contributed by atoms with Crippen LogP contribution in [0.5, 0.6) is 0 Å². The summed E-state index contributed by atoms with van der Waals surface area (Å²) in [5, 5.41) is 2.00. The molecule has 0 aromatic rings. The van der Waals surface area contributed by atoms with E-state index in [9.17, 15) is 19.2 Å². The number of hydrogen-bond donors (Lipinski definition) is 1. The van der Waals surface area contributed by atoms with Crippen molar-refractivity contribution in [2.75, 3.05) is 0 Å². The van der Waals surface area contributed by atoms with Crippen LogP contribution in [-0.4, -0.2) is 36.3 Å². The highest BCUT2D eigenvalue weighted by Gasteiger charge is 2.35. The van der Waals surface area contributed by atoms with Gasteiger partial charge in [0.05, 0.1) is 12.3 Å². The Labute approximate surface area is 122 Å². The van der Waals surface area contributed by atoms with Crippen molar-refractivity contribution in [3.8, 4) is 0 Å². The molecule has 0 aromatic heterocycles. The topological polar surface area (TPSA) is 108 Å². The van der Waals surface area contributed by atoms with Gasteiger partial charge in [-0.05, 0) is 0 Å². The maximum Gasteiger partial charge on any atom is 0.512 e. The average Bonchev–Trinajstić information content (AvgIpc) is 2.66. The standard InChI is InChI=1S/C13H19NO7/c1-6(2)11(17)20-12(7(3)4)21-13(18)19-8-5-9(15)14-10(8)16/h6-8,12H,5H2,1-4H3,(H,14,15,16). The fourth-order valence-corrected chi connectivity index (χ4v) is 1.41. The Morgan fingerprint density at radius 2 is 1.76 bits per heavy atom. The zero-order valence-corrected chi connectivity index (χ0v) is 12.4.